The fourth-order valence-electron chi connectivity index (χ4n) is 1.86. The molecule has 0 heterocycles. The quantitative estimate of drug-likeness (QED) is 0.717. The molecule has 0 amide bonds. The minimum Gasteiger partial charge on any atom is -0.300 e. The first-order valence-corrected chi connectivity index (χ1v) is 5.64. The molecule has 1 aromatic rings. The van der Waals surface area contributed by atoms with Crippen molar-refractivity contribution < 1.29 is 4.79 Å². The van der Waals surface area contributed by atoms with Crippen LogP contribution in [0.15, 0.2) is 30.3 Å². The zero-order valence-electron chi connectivity index (χ0n) is 9.86. The molecule has 1 heteroatoms. The van der Waals surface area contributed by atoms with Crippen LogP contribution in [0.4, 0.5) is 0 Å². The Bertz CT molecular complexity index is 300. The summed E-state index contributed by atoms with van der Waals surface area (Å²) in [5, 5.41) is 0. The van der Waals surface area contributed by atoms with Crippen molar-refractivity contribution in [3.8, 4) is 0 Å². The average Bonchev–Trinajstić information content (AvgIpc) is 2.17. The van der Waals surface area contributed by atoms with Crippen molar-refractivity contribution in [3.63, 3.8) is 0 Å². The maximum Gasteiger partial charge on any atom is 0.133 e. The Balaban J connectivity index is 2.63. The summed E-state index contributed by atoms with van der Waals surface area (Å²) in [7, 11) is 0. The van der Waals surface area contributed by atoms with E-state index in [-0.39, 0.29) is 5.92 Å². The van der Waals surface area contributed by atoms with Crippen LogP contribution in [0, 0.1) is 11.8 Å². The molecular weight excluding hydrogens is 184 g/mol. The van der Waals surface area contributed by atoms with Gasteiger partial charge in [-0.2, -0.15) is 0 Å². The highest BCUT2D eigenvalue weighted by atomic mass is 16.1. The minimum atomic E-state index is 0.187. The Morgan fingerprint density at radius 3 is 2.27 bits per heavy atom. The third-order valence-electron chi connectivity index (χ3n) is 2.66. The van der Waals surface area contributed by atoms with E-state index in [9.17, 15) is 4.79 Å². The minimum absolute atomic E-state index is 0.187. The highest BCUT2D eigenvalue weighted by molar-refractivity contribution is 5.78. The van der Waals surface area contributed by atoms with Crippen molar-refractivity contribution in [2.75, 3.05) is 0 Å². The first-order chi connectivity index (χ1) is 7.09. The topological polar surface area (TPSA) is 17.1 Å². The van der Waals surface area contributed by atoms with Crippen LogP contribution < -0.4 is 0 Å². The Hall–Kier alpha value is -1.11. The Morgan fingerprint density at radius 2 is 1.80 bits per heavy atom. The summed E-state index contributed by atoms with van der Waals surface area (Å²) in [5.74, 6) is 1.09. The van der Waals surface area contributed by atoms with Crippen LogP contribution in [0.5, 0.6) is 0 Å². The zero-order valence-corrected chi connectivity index (χ0v) is 9.86. The van der Waals surface area contributed by atoms with Gasteiger partial charge < -0.3 is 0 Å². The number of Topliss-reactive ketones (excluding diaryl/α,β-unsaturated/α-hetero) is 1. The standard InChI is InChI=1S/C14H20O/c1-11(2)9-14(12(3)15)10-13-7-5-4-6-8-13/h4-8,11,14H,9-10H2,1-3H3/t14-/m0/s1. The summed E-state index contributed by atoms with van der Waals surface area (Å²) < 4.78 is 0. The van der Waals surface area contributed by atoms with Crippen LogP contribution in [0.1, 0.15) is 32.8 Å². The number of hydrogen-bond donors (Lipinski definition) is 0. The van der Waals surface area contributed by atoms with E-state index in [0.717, 1.165) is 12.8 Å². The summed E-state index contributed by atoms with van der Waals surface area (Å²) in [6.45, 7) is 6.04. The van der Waals surface area contributed by atoms with Crippen LogP contribution >= 0.6 is 0 Å². The van der Waals surface area contributed by atoms with Gasteiger partial charge in [0, 0.05) is 5.92 Å². The molecule has 0 aliphatic rings. The molecule has 0 unspecified atom stereocenters. The van der Waals surface area contributed by atoms with Crippen molar-refractivity contribution >= 4 is 5.78 Å². The van der Waals surface area contributed by atoms with E-state index in [2.05, 4.69) is 26.0 Å². The van der Waals surface area contributed by atoms with Gasteiger partial charge in [0.2, 0.25) is 0 Å². The number of carbonyl (C=O) groups is 1. The fraction of sp³-hybridized carbons (Fsp3) is 0.500. The molecule has 0 fully saturated rings. The van der Waals surface area contributed by atoms with Gasteiger partial charge in [-0.1, -0.05) is 44.2 Å². The maximum atomic E-state index is 11.5. The monoisotopic (exact) mass is 204 g/mol. The van der Waals surface area contributed by atoms with Gasteiger partial charge in [-0.05, 0) is 31.2 Å². The predicted molar refractivity (Wildman–Crippen MR) is 63.8 cm³/mol. The average molecular weight is 204 g/mol. The van der Waals surface area contributed by atoms with Crippen LogP contribution in [0.3, 0.4) is 0 Å². The Kier molecular flexibility index (Phi) is 4.54. The summed E-state index contributed by atoms with van der Waals surface area (Å²) in [4.78, 5) is 11.5. The summed E-state index contributed by atoms with van der Waals surface area (Å²) in [5.41, 5.74) is 1.26. The number of ketones is 1. The zero-order chi connectivity index (χ0) is 11.3. The smallest absolute Gasteiger partial charge is 0.133 e. The molecule has 0 saturated heterocycles. The molecule has 0 radical (unpaired) electrons. The van der Waals surface area contributed by atoms with Crippen molar-refractivity contribution in [1.29, 1.82) is 0 Å². The lowest BCUT2D eigenvalue weighted by Gasteiger charge is -2.15. The molecule has 0 aliphatic heterocycles. The van der Waals surface area contributed by atoms with Crippen LogP contribution in [0.2, 0.25) is 0 Å². The first-order valence-electron chi connectivity index (χ1n) is 5.64. The van der Waals surface area contributed by atoms with Gasteiger partial charge in [-0.3, -0.25) is 4.79 Å². The normalized spacial score (nSPS) is 12.8. The lowest BCUT2D eigenvalue weighted by atomic mass is 9.88. The molecule has 0 bridgehead atoms. The van der Waals surface area contributed by atoms with Crippen molar-refractivity contribution in [2.24, 2.45) is 11.8 Å². The molecule has 0 aliphatic carbocycles. The molecule has 1 aromatic carbocycles. The second-order valence-corrected chi connectivity index (χ2v) is 4.63. The van der Waals surface area contributed by atoms with Crippen LogP contribution in [-0.4, -0.2) is 5.78 Å². The van der Waals surface area contributed by atoms with Crippen molar-refractivity contribution in [2.45, 2.75) is 33.6 Å². The third-order valence-corrected chi connectivity index (χ3v) is 2.66. The largest absolute Gasteiger partial charge is 0.300 e. The molecule has 82 valence electrons. The molecule has 1 atom stereocenters. The Labute approximate surface area is 92.5 Å². The van der Waals surface area contributed by atoms with Gasteiger partial charge >= 0.3 is 0 Å². The lowest BCUT2D eigenvalue weighted by Crippen LogP contribution is -2.16. The van der Waals surface area contributed by atoms with Gasteiger partial charge in [0.1, 0.15) is 5.78 Å². The molecule has 0 saturated carbocycles. The van der Waals surface area contributed by atoms with E-state index in [1.807, 2.05) is 18.2 Å². The second kappa shape index (κ2) is 5.69. The van der Waals surface area contributed by atoms with Crippen molar-refractivity contribution in [1.82, 2.24) is 0 Å². The van der Waals surface area contributed by atoms with E-state index < -0.39 is 0 Å². The highest BCUT2D eigenvalue weighted by Gasteiger charge is 2.16. The number of rotatable bonds is 5. The van der Waals surface area contributed by atoms with Crippen LogP contribution in [0.25, 0.3) is 0 Å². The van der Waals surface area contributed by atoms with Gasteiger partial charge in [-0.25, -0.2) is 0 Å². The van der Waals surface area contributed by atoms with Gasteiger partial charge in [0.25, 0.3) is 0 Å². The molecule has 0 N–H and O–H groups in total. The summed E-state index contributed by atoms with van der Waals surface area (Å²) >= 11 is 0. The summed E-state index contributed by atoms with van der Waals surface area (Å²) in [6, 6.07) is 10.3. The lowest BCUT2D eigenvalue weighted by molar-refractivity contribution is -0.121. The van der Waals surface area contributed by atoms with E-state index in [0.29, 0.717) is 11.7 Å². The molecule has 15 heavy (non-hydrogen) atoms. The number of carbonyl (C=O) groups excluding carboxylic acids is 1. The van der Waals surface area contributed by atoms with E-state index >= 15 is 0 Å². The van der Waals surface area contributed by atoms with E-state index in [4.69, 9.17) is 0 Å². The molecule has 1 nitrogen and oxygen atoms in total. The Morgan fingerprint density at radius 1 is 1.20 bits per heavy atom. The van der Waals surface area contributed by atoms with Gasteiger partial charge in [0.15, 0.2) is 0 Å². The predicted octanol–water partition coefficient (Wildman–Crippen LogP) is 3.48. The summed E-state index contributed by atoms with van der Waals surface area (Å²) in [6.07, 6.45) is 1.87. The first kappa shape index (κ1) is 12.0. The van der Waals surface area contributed by atoms with Crippen LogP contribution in [-0.2, 0) is 11.2 Å². The molecular formula is C14H20O. The molecule has 1 rings (SSSR count). The SMILES string of the molecule is CC(=O)[C@H](Cc1ccccc1)CC(C)C. The second-order valence-electron chi connectivity index (χ2n) is 4.63. The molecule has 0 aromatic heterocycles. The number of hydrogen-bond acceptors (Lipinski definition) is 1. The third kappa shape index (κ3) is 4.28. The number of benzene rings is 1. The fourth-order valence-corrected chi connectivity index (χ4v) is 1.86. The van der Waals surface area contributed by atoms with E-state index in [1.54, 1.807) is 6.92 Å². The van der Waals surface area contributed by atoms with Gasteiger partial charge in [0.05, 0.1) is 0 Å². The van der Waals surface area contributed by atoms with Gasteiger partial charge in [-0.15, -0.1) is 0 Å². The highest BCUT2D eigenvalue weighted by Crippen LogP contribution is 2.18. The van der Waals surface area contributed by atoms with E-state index in [1.165, 1.54) is 5.56 Å². The van der Waals surface area contributed by atoms with Crippen molar-refractivity contribution in [3.05, 3.63) is 35.9 Å². The molecule has 0 spiro atoms. The maximum absolute atomic E-state index is 11.5.